The van der Waals surface area contributed by atoms with E-state index in [9.17, 15) is 14.4 Å². The van der Waals surface area contributed by atoms with Gasteiger partial charge in [-0.1, -0.05) is 23.2 Å². The molecule has 3 heterocycles. The third-order valence-electron chi connectivity index (χ3n) is 3.58. The van der Waals surface area contributed by atoms with Gasteiger partial charge in [-0.3, -0.25) is 18.7 Å². The lowest BCUT2D eigenvalue weighted by atomic mass is 10.3. The number of fused-ring (bicyclic) bond motifs is 1. The Morgan fingerprint density at radius 1 is 1.16 bits per heavy atom. The molecule has 128 valence electrons. The maximum atomic E-state index is 12.3. The SMILES string of the molecule is Cn1c(=O)c2cc(NC(=O)c3nc(Cl)ccc3Cl)cnc2n(C)c1=O. The topological polar surface area (TPSA) is 98.9 Å². The molecule has 25 heavy (non-hydrogen) atoms. The summed E-state index contributed by atoms with van der Waals surface area (Å²) in [6.45, 7) is 0. The molecule has 0 aliphatic rings. The van der Waals surface area contributed by atoms with Crippen molar-refractivity contribution in [3.63, 3.8) is 0 Å². The lowest BCUT2D eigenvalue weighted by Gasteiger charge is -2.09. The fourth-order valence-corrected chi connectivity index (χ4v) is 2.64. The third-order valence-corrected chi connectivity index (χ3v) is 4.09. The molecular formula is C15H11Cl2N5O3. The molecule has 10 heteroatoms. The van der Waals surface area contributed by atoms with Gasteiger partial charge in [-0.05, 0) is 18.2 Å². The Labute approximate surface area is 150 Å². The van der Waals surface area contributed by atoms with Crippen molar-refractivity contribution in [1.29, 1.82) is 0 Å². The fraction of sp³-hybridized carbons (Fsp3) is 0.133. The number of aryl methyl sites for hydroxylation is 1. The van der Waals surface area contributed by atoms with Gasteiger partial charge in [0.2, 0.25) is 0 Å². The van der Waals surface area contributed by atoms with Crippen molar-refractivity contribution in [2.24, 2.45) is 14.1 Å². The summed E-state index contributed by atoms with van der Waals surface area (Å²) < 4.78 is 2.21. The van der Waals surface area contributed by atoms with Crippen molar-refractivity contribution in [2.75, 3.05) is 5.32 Å². The second-order valence-electron chi connectivity index (χ2n) is 5.22. The van der Waals surface area contributed by atoms with Crippen LogP contribution in [0.5, 0.6) is 0 Å². The Balaban J connectivity index is 2.06. The van der Waals surface area contributed by atoms with Gasteiger partial charge in [-0.15, -0.1) is 0 Å². The van der Waals surface area contributed by atoms with E-state index in [1.54, 1.807) is 0 Å². The molecule has 3 aromatic heterocycles. The van der Waals surface area contributed by atoms with Crippen LogP contribution in [0.1, 0.15) is 10.5 Å². The smallest absolute Gasteiger partial charge is 0.319 e. The lowest BCUT2D eigenvalue weighted by Crippen LogP contribution is -2.37. The van der Waals surface area contributed by atoms with E-state index in [0.717, 1.165) is 4.57 Å². The van der Waals surface area contributed by atoms with E-state index >= 15 is 0 Å². The summed E-state index contributed by atoms with van der Waals surface area (Å²) in [5.74, 6) is -0.602. The van der Waals surface area contributed by atoms with E-state index < -0.39 is 17.2 Å². The Hall–Kier alpha value is -2.71. The molecule has 0 saturated heterocycles. The summed E-state index contributed by atoms with van der Waals surface area (Å²) in [7, 11) is 2.87. The van der Waals surface area contributed by atoms with Crippen LogP contribution in [0.4, 0.5) is 5.69 Å². The standard InChI is InChI=1S/C15H11Cl2N5O3/c1-21-12-8(14(24)22(2)15(21)25)5-7(6-18-12)19-13(23)11-9(16)3-4-10(17)20-11/h3-6H,1-2H3,(H,19,23). The zero-order valence-electron chi connectivity index (χ0n) is 13.1. The van der Waals surface area contributed by atoms with Crippen LogP contribution in [0.15, 0.2) is 34.0 Å². The van der Waals surface area contributed by atoms with Gasteiger partial charge >= 0.3 is 5.69 Å². The molecule has 3 aromatic rings. The number of amides is 1. The van der Waals surface area contributed by atoms with Crippen LogP contribution in [0.25, 0.3) is 11.0 Å². The molecule has 0 aliphatic carbocycles. The third kappa shape index (κ3) is 3.01. The second kappa shape index (κ2) is 6.30. The summed E-state index contributed by atoms with van der Waals surface area (Å²) in [5, 5.41) is 3.00. The lowest BCUT2D eigenvalue weighted by molar-refractivity contribution is 0.102. The van der Waals surface area contributed by atoms with Gasteiger partial charge in [0.05, 0.1) is 22.3 Å². The van der Waals surface area contributed by atoms with Crippen molar-refractivity contribution in [1.82, 2.24) is 19.1 Å². The van der Waals surface area contributed by atoms with E-state index in [-0.39, 0.29) is 32.6 Å². The minimum absolute atomic E-state index is 0.0531. The highest BCUT2D eigenvalue weighted by Gasteiger charge is 2.15. The normalized spacial score (nSPS) is 10.9. The summed E-state index contributed by atoms with van der Waals surface area (Å²) >= 11 is 11.7. The number of hydrogen-bond acceptors (Lipinski definition) is 5. The van der Waals surface area contributed by atoms with Crippen molar-refractivity contribution < 1.29 is 4.79 Å². The maximum Gasteiger partial charge on any atom is 0.332 e. The zero-order valence-corrected chi connectivity index (χ0v) is 14.6. The van der Waals surface area contributed by atoms with Crippen molar-refractivity contribution >= 4 is 45.8 Å². The highest BCUT2D eigenvalue weighted by Crippen LogP contribution is 2.19. The molecule has 1 N–H and O–H groups in total. The molecule has 0 unspecified atom stereocenters. The quantitative estimate of drug-likeness (QED) is 0.681. The van der Waals surface area contributed by atoms with Gasteiger partial charge in [0, 0.05) is 14.1 Å². The molecule has 0 fully saturated rings. The molecule has 8 nitrogen and oxygen atoms in total. The second-order valence-corrected chi connectivity index (χ2v) is 6.01. The Kier molecular flexibility index (Phi) is 4.32. The number of anilines is 1. The zero-order chi connectivity index (χ0) is 18.3. The number of aromatic nitrogens is 4. The van der Waals surface area contributed by atoms with Crippen molar-refractivity contribution in [3.05, 3.63) is 61.1 Å². The predicted molar refractivity (Wildman–Crippen MR) is 94.4 cm³/mol. The first-order chi connectivity index (χ1) is 11.8. The predicted octanol–water partition coefficient (Wildman–Crippen LogP) is 1.59. The first-order valence-electron chi connectivity index (χ1n) is 6.98. The first-order valence-corrected chi connectivity index (χ1v) is 7.74. The largest absolute Gasteiger partial charge is 0.332 e. The molecule has 0 radical (unpaired) electrons. The number of halogens is 2. The number of carbonyl (C=O) groups excluding carboxylic acids is 1. The number of pyridine rings is 2. The maximum absolute atomic E-state index is 12.3. The van der Waals surface area contributed by atoms with Crippen LogP contribution >= 0.6 is 23.2 Å². The first kappa shape index (κ1) is 17.1. The van der Waals surface area contributed by atoms with Crippen molar-refractivity contribution in [3.8, 4) is 0 Å². The monoisotopic (exact) mass is 379 g/mol. The minimum Gasteiger partial charge on any atom is -0.319 e. The summed E-state index contributed by atoms with van der Waals surface area (Å²) in [6, 6.07) is 4.35. The van der Waals surface area contributed by atoms with Gasteiger partial charge in [-0.25, -0.2) is 14.8 Å². The summed E-state index contributed by atoms with van der Waals surface area (Å²) in [6.07, 6.45) is 1.33. The highest BCUT2D eigenvalue weighted by atomic mass is 35.5. The van der Waals surface area contributed by atoms with Crippen LogP contribution in [0.3, 0.4) is 0 Å². The van der Waals surface area contributed by atoms with Gasteiger partial charge in [0.25, 0.3) is 11.5 Å². The average molecular weight is 380 g/mol. The van der Waals surface area contributed by atoms with Crippen LogP contribution in [0.2, 0.25) is 10.2 Å². The molecule has 0 bridgehead atoms. The van der Waals surface area contributed by atoms with Crippen molar-refractivity contribution in [2.45, 2.75) is 0 Å². The number of rotatable bonds is 2. The van der Waals surface area contributed by atoms with Crippen LogP contribution in [-0.4, -0.2) is 25.0 Å². The molecule has 1 amide bonds. The molecule has 0 aromatic carbocycles. The summed E-state index contributed by atoms with van der Waals surface area (Å²) in [4.78, 5) is 44.4. The van der Waals surface area contributed by atoms with E-state index in [1.165, 1.54) is 43.1 Å². The molecular weight excluding hydrogens is 369 g/mol. The number of carbonyl (C=O) groups is 1. The van der Waals surface area contributed by atoms with E-state index in [1.807, 2.05) is 0 Å². The van der Waals surface area contributed by atoms with Gasteiger partial charge in [0.1, 0.15) is 16.5 Å². The van der Waals surface area contributed by atoms with Crippen LogP contribution < -0.4 is 16.6 Å². The minimum atomic E-state index is -0.602. The molecule has 0 saturated carbocycles. The fourth-order valence-electron chi connectivity index (χ4n) is 2.30. The van der Waals surface area contributed by atoms with E-state index in [2.05, 4.69) is 15.3 Å². The Morgan fingerprint density at radius 3 is 2.60 bits per heavy atom. The summed E-state index contributed by atoms with van der Waals surface area (Å²) in [5.41, 5.74) is -0.587. The Morgan fingerprint density at radius 2 is 1.88 bits per heavy atom. The highest BCUT2D eigenvalue weighted by molar-refractivity contribution is 6.35. The molecule has 3 rings (SSSR count). The number of nitrogens with zero attached hydrogens (tertiary/aromatic N) is 4. The van der Waals surface area contributed by atoms with E-state index in [0.29, 0.717) is 0 Å². The molecule has 0 atom stereocenters. The van der Waals surface area contributed by atoms with Gasteiger partial charge < -0.3 is 5.32 Å². The number of nitrogens with one attached hydrogen (secondary N) is 1. The molecule has 0 spiro atoms. The average Bonchev–Trinajstić information content (AvgIpc) is 2.60. The molecule has 0 aliphatic heterocycles. The van der Waals surface area contributed by atoms with E-state index in [4.69, 9.17) is 23.2 Å². The number of hydrogen-bond donors (Lipinski definition) is 1. The van der Waals surface area contributed by atoms with Gasteiger partial charge in [0.15, 0.2) is 0 Å². The van der Waals surface area contributed by atoms with Crippen LogP contribution in [-0.2, 0) is 14.1 Å². The van der Waals surface area contributed by atoms with Gasteiger partial charge in [-0.2, -0.15) is 0 Å². The Bertz CT molecular complexity index is 1140. The van der Waals surface area contributed by atoms with Crippen LogP contribution in [0, 0.1) is 0 Å².